The third-order valence-corrected chi connectivity index (χ3v) is 6.36. The van der Waals surface area contributed by atoms with Crippen LogP contribution in [-0.4, -0.2) is 37.7 Å². The summed E-state index contributed by atoms with van der Waals surface area (Å²) in [5.41, 5.74) is 6.45. The first kappa shape index (κ1) is 28.7. The van der Waals surface area contributed by atoms with Crippen LogP contribution in [0.1, 0.15) is 22.3 Å². The molecular weight excluding hydrogens is 576 g/mol. The number of aryl methyl sites for hydroxylation is 3. The molecule has 198 valence electrons. The lowest BCUT2D eigenvalue weighted by atomic mass is 10.1. The van der Waals surface area contributed by atoms with Crippen molar-refractivity contribution >= 4 is 62.8 Å². The molecule has 0 heterocycles. The number of carbonyl (C=O) groups excluding carboxylic acids is 3. The highest BCUT2D eigenvalue weighted by atomic mass is 79.9. The van der Waals surface area contributed by atoms with Gasteiger partial charge in [0, 0.05) is 16.4 Å². The van der Waals surface area contributed by atoms with Gasteiger partial charge >= 0.3 is 11.8 Å². The molecule has 0 unspecified atom stereocenters. The Labute approximate surface area is 233 Å². The lowest BCUT2D eigenvalue weighted by Crippen LogP contribution is -2.32. The second kappa shape index (κ2) is 13.1. The molecule has 0 spiro atoms. The van der Waals surface area contributed by atoms with E-state index in [1.54, 1.807) is 30.3 Å². The lowest BCUT2D eigenvalue weighted by molar-refractivity contribution is -0.136. The molecule has 3 aromatic carbocycles. The first-order valence-electron chi connectivity index (χ1n) is 11.4. The molecule has 3 amide bonds. The second-order valence-electron chi connectivity index (χ2n) is 8.25. The molecule has 0 aliphatic rings. The summed E-state index contributed by atoms with van der Waals surface area (Å²) in [5, 5.41) is 9.71. The van der Waals surface area contributed by atoms with Gasteiger partial charge in [-0.05, 0) is 83.2 Å². The van der Waals surface area contributed by atoms with Gasteiger partial charge in [-0.2, -0.15) is 5.10 Å². The average Bonchev–Trinajstić information content (AvgIpc) is 2.87. The summed E-state index contributed by atoms with van der Waals surface area (Å²) in [7, 11) is 1.45. The molecule has 0 radical (unpaired) electrons. The molecular formula is C27H26BrClN4O5. The zero-order valence-electron chi connectivity index (χ0n) is 21.1. The third-order valence-electron chi connectivity index (χ3n) is 5.36. The van der Waals surface area contributed by atoms with E-state index >= 15 is 0 Å². The maximum Gasteiger partial charge on any atom is 0.329 e. The van der Waals surface area contributed by atoms with Gasteiger partial charge in [-0.3, -0.25) is 14.4 Å². The second-order valence-corrected chi connectivity index (χ2v) is 9.52. The van der Waals surface area contributed by atoms with Crippen LogP contribution >= 0.6 is 27.5 Å². The Bertz CT molecular complexity index is 1390. The Balaban J connectivity index is 1.60. The molecule has 3 rings (SSSR count). The minimum absolute atomic E-state index is 0.278. The van der Waals surface area contributed by atoms with E-state index in [1.165, 1.54) is 13.3 Å². The fraction of sp³-hybridized carbons (Fsp3) is 0.185. The number of hydrazone groups is 1. The average molecular weight is 602 g/mol. The summed E-state index contributed by atoms with van der Waals surface area (Å²) < 4.78 is 11.5. The van der Waals surface area contributed by atoms with Crippen LogP contribution in [0, 0.1) is 20.8 Å². The first-order chi connectivity index (χ1) is 18.1. The van der Waals surface area contributed by atoms with Gasteiger partial charge in [-0.25, -0.2) is 5.43 Å². The van der Waals surface area contributed by atoms with E-state index in [1.807, 2.05) is 39.0 Å². The van der Waals surface area contributed by atoms with E-state index in [-0.39, 0.29) is 12.5 Å². The third kappa shape index (κ3) is 7.56. The van der Waals surface area contributed by atoms with Crippen LogP contribution in [0.15, 0.2) is 58.1 Å². The highest BCUT2D eigenvalue weighted by Crippen LogP contribution is 2.36. The number of para-hydroxylation sites is 1. The highest BCUT2D eigenvalue weighted by Gasteiger charge is 2.16. The van der Waals surface area contributed by atoms with Crippen molar-refractivity contribution in [3.05, 3.63) is 80.3 Å². The minimum atomic E-state index is -0.921. The van der Waals surface area contributed by atoms with Gasteiger partial charge < -0.3 is 20.1 Å². The summed E-state index contributed by atoms with van der Waals surface area (Å²) in [6.07, 6.45) is 1.34. The Morgan fingerprint density at radius 1 is 0.974 bits per heavy atom. The number of hydrogen-bond acceptors (Lipinski definition) is 6. The SMILES string of the molecule is COc1cc(/C=N\NC(=O)C(=O)Nc2c(C)cccc2C)cc(Br)c1OCC(=O)Nc1ccc(C)c(Cl)c1. The molecule has 0 fully saturated rings. The molecule has 0 aliphatic carbocycles. The number of nitrogens with zero attached hydrogens (tertiary/aromatic N) is 1. The zero-order valence-corrected chi connectivity index (χ0v) is 23.5. The van der Waals surface area contributed by atoms with E-state index in [9.17, 15) is 14.4 Å². The van der Waals surface area contributed by atoms with Gasteiger partial charge in [0.15, 0.2) is 18.1 Å². The Morgan fingerprint density at radius 3 is 2.34 bits per heavy atom. The number of ether oxygens (including phenoxy) is 2. The van der Waals surface area contributed by atoms with Gasteiger partial charge in [-0.15, -0.1) is 0 Å². The molecule has 3 aromatic rings. The molecule has 0 aromatic heterocycles. The number of anilines is 2. The van der Waals surface area contributed by atoms with Gasteiger partial charge in [0.1, 0.15) is 0 Å². The monoisotopic (exact) mass is 600 g/mol. The molecule has 0 bridgehead atoms. The van der Waals surface area contributed by atoms with Crippen molar-refractivity contribution in [1.29, 1.82) is 0 Å². The normalized spacial score (nSPS) is 10.7. The van der Waals surface area contributed by atoms with E-state index in [0.717, 1.165) is 16.7 Å². The predicted octanol–water partition coefficient (Wildman–Crippen LogP) is 5.14. The number of amides is 3. The molecule has 3 N–H and O–H groups in total. The van der Waals surface area contributed by atoms with Gasteiger partial charge in [0.25, 0.3) is 5.91 Å². The van der Waals surface area contributed by atoms with Gasteiger partial charge in [0.2, 0.25) is 0 Å². The zero-order chi connectivity index (χ0) is 27.8. The van der Waals surface area contributed by atoms with Crippen molar-refractivity contribution in [3.63, 3.8) is 0 Å². The number of carbonyl (C=O) groups is 3. The minimum Gasteiger partial charge on any atom is -0.493 e. The van der Waals surface area contributed by atoms with Crippen LogP contribution in [-0.2, 0) is 14.4 Å². The van der Waals surface area contributed by atoms with Crippen LogP contribution in [0.3, 0.4) is 0 Å². The highest BCUT2D eigenvalue weighted by molar-refractivity contribution is 9.10. The Morgan fingerprint density at radius 2 is 1.68 bits per heavy atom. The molecule has 0 saturated carbocycles. The van der Waals surface area contributed by atoms with Crippen molar-refractivity contribution in [2.24, 2.45) is 5.10 Å². The van der Waals surface area contributed by atoms with Crippen molar-refractivity contribution in [2.75, 3.05) is 24.4 Å². The summed E-state index contributed by atoms with van der Waals surface area (Å²) in [4.78, 5) is 36.8. The predicted molar refractivity (Wildman–Crippen MR) is 151 cm³/mol. The fourth-order valence-corrected chi connectivity index (χ4v) is 4.11. The number of nitrogens with one attached hydrogen (secondary N) is 3. The number of benzene rings is 3. The first-order valence-corrected chi connectivity index (χ1v) is 12.5. The number of methoxy groups -OCH3 is 1. The number of halogens is 2. The van der Waals surface area contributed by atoms with Crippen LogP contribution < -0.4 is 25.5 Å². The molecule has 38 heavy (non-hydrogen) atoms. The topological polar surface area (TPSA) is 118 Å². The summed E-state index contributed by atoms with van der Waals surface area (Å²) >= 11 is 9.50. The molecule has 0 aliphatic heterocycles. The summed E-state index contributed by atoms with van der Waals surface area (Å²) in [6.45, 7) is 5.26. The number of rotatable bonds is 8. The smallest absolute Gasteiger partial charge is 0.329 e. The molecule has 9 nitrogen and oxygen atoms in total. The summed E-state index contributed by atoms with van der Waals surface area (Å²) in [5.74, 6) is -1.51. The maximum atomic E-state index is 12.3. The van der Waals surface area contributed by atoms with Crippen molar-refractivity contribution in [3.8, 4) is 11.5 Å². The molecule has 0 atom stereocenters. The van der Waals surface area contributed by atoms with Gasteiger partial charge in [-0.1, -0.05) is 35.9 Å². The quantitative estimate of drug-likeness (QED) is 0.188. The fourth-order valence-electron chi connectivity index (χ4n) is 3.36. The molecule has 11 heteroatoms. The van der Waals surface area contributed by atoms with E-state index in [4.69, 9.17) is 21.1 Å². The van der Waals surface area contributed by atoms with E-state index < -0.39 is 11.8 Å². The van der Waals surface area contributed by atoms with Crippen molar-refractivity contribution in [2.45, 2.75) is 20.8 Å². The van der Waals surface area contributed by atoms with Crippen LogP contribution in [0.5, 0.6) is 11.5 Å². The lowest BCUT2D eigenvalue weighted by Gasteiger charge is -2.14. The Kier molecular flexibility index (Phi) is 9.86. The summed E-state index contributed by atoms with van der Waals surface area (Å²) in [6, 6.07) is 14.0. The van der Waals surface area contributed by atoms with E-state index in [2.05, 4.69) is 37.1 Å². The van der Waals surface area contributed by atoms with E-state index in [0.29, 0.717) is 37.9 Å². The Hall–Kier alpha value is -3.89. The van der Waals surface area contributed by atoms with Gasteiger partial charge in [0.05, 0.1) is 17.8 Å². The standard InChI is InChI=1S/C27H26BrClN4O5/c1-15-8-9-19(12-21(15)29)31-23(34)14-38-25-20(28)10-18(11-22(25)37-4)13-30-33-27(36)26(35)32-24-16(2)6-5-7-17(24)3/h5-13H,14H2,1-4H3,(H,31,34)(H,32,35)(H,33,36)/b30-13-. The largest absolute Gasteiger partial charge is 0.493 e. The van der Waals surface area contributed by atoms with Crippen LogP contribution in [0.4, 0.5) is 11.4 Å². The number of hydrogen-bond donors (Lipinski definition) is 3. The van der Waals surface area contributed by atoms with Crippen LogP contribution in [0.2, 0.25) is 5.02 Å². The molecule has 0 saturated heterocycles. The van der Waals surface area contributed by atoms with Crippen LogP contribution in [0.25, 0.3) is 0 Å². The van der Waals surface area contributed by atoms with Crippen molar-refractivity contribution in [1.82, 2.24) is 5.43 Å². The van der Waals surface area contributed by atoms with Crippen molar-refractivity contribution < 1.29 is 23.9 Å². The maximum absolute atomic E-state index is 12.3.